The molecule has 0 bridgehead atoms. The molecular weight excluding hydrogens is 148 g/mol. The highest BCUT2D eigenvalue weighted by atomic mass is 15.1. The van der Waals surface area contributed by atoms with E-state index in [2.05, 4.69) is 4.98 Å². The maximum Gasteiger partial charge on any atom is 0.0843 e. The highest BCUT2D eigenvalue weighted by Gasteiger charge is 2.21. The van der Waals surface area contributed by atoms with Crippen molar-refractivity contribution < 1.29 is 12.3 Å². The van der Waals surface area contributed by atoms with E-state index in [1.807, 2.05) is 0 Å². The molecule has 0 unspecified atom stereocenters. The average molecular weight is 171 g/mol. The predicted octanol–water partition coefficient (Wildman–Crippen LogP) is 1.85. The topological polar surface area (TPSA) is 16.1 Å². The van der Waals surface area contributed by atoms with Gasteiger partial charge in [0.15, 0.2) is 0 Å². The summed E-state index contributed by atoms with van der Waals surface area (Å²) >= 11 is 0. The number of hydrogen-bond acceptors (Lipinski definition) is 2. The monoisotopic (exact) mass is 171 g/mol. The molecule has 2 nitrogen and oxygen atoms in total. The SMILES string of the molecule is [2H]c1nc([2H])c([C@@H]2CC([2H])([2H])CN2C([2H])([2H])[2H])c([2H])c1[2H]. The highest BCUT2D eigenvalue weighted by Crippen LogP contribution is 2.29. The van der Waals surface area contributed by atoms with Gasteiger partial charge in [0, 0.05) is 25.2 Å². The van der Waals surface area contributed by atoms with Gasteiger partial charge in [0.2, 0.25) is 0 Å². The third-order valence-corrected chi connectivity index (χ3v) is 1.81. The second kappa shape index (κ2) is 3.23. The van der Waals surface area contributed by atoms with Crippen LogP contribution in [-0.4, -0.2) is 23.4 Å². The third kappa shape index (κ3) is 1.34. The van der Waals surface area contributed by atoms with Gasteiger partial charge >= 0.3 is 0 Å². The van der Waals surface area contributed by atoms with Crippen LogP contribution in [0.3, 0.4) is 0 Å². The van der Waals surface area contributed by atoms with Crippen molar-refractivity contribution in [3.8, 4) is 0 Å². The van der Waals surface area contributed by atoms with Crippen LogP contribution in [0.15, 0.2) is 24.4 Å². The summed E-state index contributed by atoms with van der Waals surface area (Å²) in [6, 6.07) is -1.94. The van der Waals surface area contributed by atoms with E-state index >= 15 is 0 Å². The van der Waals surface area contributed by atoms with E-state index in [0.717, 1.165) is 4.90 Å². The molecule has 1 aliphatic rings. The number of pyridine rings is 1. The number of hydrogen-bond donors (Lipinski definition) is 0. The normalized spacial score (nSPS) is 40.7. The Morgan fingerprint density at radius 3 is 3.83 bits per heavy atom. The molecule has 1 fully saturated rings. The Morgan fingerprint density at radius 1 is 1.92 bits per heavy atom. The molecule has 1 aliphatic heterocycles. The van der Waals surface area contributed by atoms with Crippen LogP contribution in [0.2, 0.25) is 0 Å². The Labute approximate surface area is 85.9 Å². The highest BCUT2D eigenvalue weighted by molar-refractivity contribution is 5.14. The maximum absolute atomic E-state index is 7.87. The van der Waals surface area contributed by atoms with Crippen molar-refractivity contribution in [2.24, 2.45) is 0 Å². The van der Waals surface area contributed by atoms with Gasteiger partial charge in [0.1, 0.15) is 0 Å². The molecule has 0 saturated carbocycles. The lowest BCUT2D eigenvalue weighted by atomic mass is 10.1. The molecule has 64 valence electrons. The van der Waals surface area contributed by atoms with E-state index in [1.165, 1.54) is 0 Å². The minimum Gasteiger partial charge on any atom is -0.299 e. The van der Waals surface area contributed by atoms with E-state index < -0.39 is 43.8 Å². The zero-order chi connectivity index (χ0) is 16.2. The molecule has 2 heteroatoms. The summed E-state index contributed by atoms with van der Waals surface area (Å²) in [7, 11) is 0. The van der Waals surface area contributed by atoms with Crippen molar-refractivity contribution in [2.75, 3.05) is 13.5 Å². The summed E-state index contributed by atoms with van der Waals surface area (Å²) in [4.78, 5) is 4.46. The Balaban J connectivity index is 2.57. The molecule has 0 amide bonds. The molecular formula is C10H14N2. The van der Waals surface area contributed by atoms with Crippen LogP contribution in [0.5, 0.6) is 0 Å². The quantitative estimate of drug-likeness (QED) is 0.641. The molecule has 0 aliphatic carbocycles. The second-order valence-corrected chi connectivity index (χ2v) is 2.60. The molecule has 2 rings (SSSR count). The third-order valence-electron chi connectivity index (χ3n) is 1.81. The van der Waals surface area contributed by atoms with Gasteiger partial charge < -0.3 is 0 Å². The minimum atomic E-state index is -2.57. The number of rotatable bonds is 1. The van der Waals surface area contributed by atoms with Gasteiger partial charge in [-0.3, -0.25) is 9.88 Å². The Kier molecular flexibility index (Phi) is 0.687. The summed E-state index contributed by atoms with van der Waals surface area (Å²) in [5, 5.41) is 0. The van der Waals surface area contributed by atoms with Gasteiger partial charge in [-0.05, 0) is 37.9 Å². The van der Waals surface area contributed by atoms with E-state index in [1.54, 1.807) is 0 Å². The first kappa shape index (κ1) is 2.55. The minimum absolute atomic E-state index is 0.103. The zero-order valence-electron chi connectivity index (χ0n) is 15.4. The predicted molar refractivity (Wildman–Crippen MR) is 48.8 cm³/mol. The van der Waals surface area contributed by atoms with E-state index in [-0.39, 0.29) is 18.5 Å². The van der Waals surface area contributed by atoms with Crippen molar-refractivity contribution in [1.82, 2.24) is 9.88 Å². The van der Waals surface area contributed by atoms with E-state index in [4.69, 9.17) is 12.3 Å². The molecule has 0 spiro atoms. The summed E-state index contributed by atoms with van der Waals surface area (Å²) in [5.41, 5.74) is -0.103. The van der Waals surface area contributed by atoms with Crippen molar-refractivity contribution in [3.05, 3.63) is 30.0 Å². The lowest BCUT2D eigenvalue weighted by Crippen LogP contribution is -2.17. The largest absolute Gasteiger partial charge is 0.299 e. The van der Waals surface area contributed by atoms with E-state index in [0.29, 0.717) is 0 Å². The molecule has 2 heterocycles. The van der Waals surface area contributed by atoms with Crippen LogP contribution >= 0.6 is 0 Å². The fourth-order valence-corrected chi connectivity index (χ4v) is 1.20. The van der Waals surface area contributed by atoms with Gasteiger partial charge in [-0.2, -0.15) is 0 Å². The van der Waals surface area contributed by atoms with Crippen molar-refractivity contribution in [3.63, 3.8) is 0 Å². The summed E-state index contributed by atoms with van der Waals surface area (Å²) in [6.45, 7) is -2.92. The van der Waals surface area contributed by atoms with Gasteiger partial charge in [0.05, 0.1) is 5.48 Å². The Morgan fingerprint density at radius 2 is 2.92 bits per heavy atom. The Hall–Kier alpha value is -0.890. The number of nitrogens with zero attached hydrogens (tertiary/aromatic N) is 2. The lowest BCUT2D eigenvalue weighted by Gasteiger charge is -2.18. The number of aromatic nitrogens is 1. The molecule has 0 N–H and O–H groups in total. The Bertz CT molecular complexity index is 569. The summed E-state index contributed by atoms with van der Waals surface area (Å²) < 4.78 is 68.6. The number of likely N-dealkylation sites (tertiary alicyclic amines) is 1. The van der Waals surface area contributed by atoms with Crippen LogP contribution in [0.1, 0.15) is 36.7 Å². The molecule has 0 radical (unpaired) electrons. The second-order valence-electron chi connectivity index (χ2n) is 2.60. The summed E-state index contributed by atoms with van der Waals surface area (Å²) in [5.74, 6) is 0. The van der Waals surface area contributed by atoms with E-state index in [9.17, 15) is 0 Å². The van der Waals surface area contributed by atoms with Crippen LogP contribution in [-0.2, 0) is 0 Å². The zero-order valence-corrected chi connectivity index (χ0v) is 6.39. The van der Waals surface area contributed by atoms with Crippen molar-refractivity contribution in [2.45, 2.75) is 18.8 Å². The van der Waals surface area contributed by atoms with Gasteiger partial charge in [-0.25, -0.2) is 0 Å². The summed E-state index contributed by atoms with van der Waals surface area (Å²) in [6.07, 6.45) is -2.92. The first-order chi connectivity index (χ1) is 9.44. The van der Waals surface area contributed by atoms with Crippen LogP contribution in [0.25, 0.3) is 0 Å². The fraction of sp³-hybridized carbons (Fsp3) is 0.500. The van der Waals surface area contributed by atoms with Crippen LogP contribution in [0, 0.1) is 0 Å². The molecule has 1 saturated heterocycles. The first-order valence-corrected chi connectivity index (χ1v) is 3.65. The lowest BCUT2D eigenvalue weighted by molar-refractivity contribution is 0.317. The molecule has 12 heavy (non-hydrogen) atoms. The van der Waals surface area contributed by atoms with Crippen molar-refractivity contribution in [1.29, 1.82) is 0 Å². The average Bonchev–Trinajstić information content (AvgIpc) is 2.62. The standard InChI is InChI=1S/C10H14N2/c1-12-7-3-5-10(12)9-4-2-6-11-8-9/h2,4,6,8,10H,3,5,7H2,1H3/t10-/m0/s1/i1D3,2D,3D2,4D,6D,8D. The van der Waals surface area contributed by atoms with Gasteiger partial charge in [-0.1, -0.05) is 6.04 Å². The molecule has 1 atom stereocenters. The molecule has 1 aromatic heterocycles. The fourth-order valence-electron chi connectivity index (χ4n) is 1.20. The first-order valence-electron chi connectivity index (χ1n) is 8.15. The maximum atomic E-state index is 7.87. The van der Waals surface area contributed by atoms with Crippen LogP contribution in [0.4, 0.5) is 0 Å². The van der Waals surface area contributed by atoms with Gasteiger partial charge in [0.25, 0.3) is 0 Å². The van der Waals surface area contributed by atoms with Crippen molar-refractivity contribution >= 4 is 0 Å². The van der Waals surface area contributed by atoms with Crippen LogP contribution < -0.4 is 0 Å². The van der Waals surface area contributed by atoms with Gasteiger partial charge in [-0.15, -0.1) is 0 Å². The smallest absolute Gasteiger partial charge is 0.0843 e. The molecule has 1 aromatic rings. The molecule has 0 aromatic carbocycles.